The van der Waals surface area contributed by atoms with Crippen molar-refractivity contribution in [1.82, 2.24) is 4.90 Å². The van der Waals surface area contributed by atoms with E-state index < -0.39 is 0 Å². The second kappa shape index (κ2) is 17.7. The van der Waals surface area contributed by atoms with Crippen LogP contribution in [0.3, 0.4) is 0 Å². The Morgan fingerprint density at radius 1 is 0.885 bits per heavy atom. The van der Waals surface area contributed by atoms with E-state index in [4.69, 9.17) is 5.11 Å². The van der Waals surface area contributed by atoms with Gasteiger partial charge >= 0.3 is 0 Å². The lowest BCUT2D eigenvalue weighted by Gasteiger charge is -2.21. The largest absolute Gasteiger partial charge is 0.395 e. The Kier molecular flexibility index (Phi) is 15.9. The van der Waals surface area contributed by atoms with Crippen LogP contribution >= 0.6 is 0 Å². The summed E-state index contributed by atoms with van der Waals surface area (Å²) in [6, 6.07) is 0. The molecule has 1 aliphatic heterocycles. The smallest absolute Gasteiger partial charge is 0.102 e. The van der Waals surface area contributed by atoms with Crippen molar-refractivity contribution in [3.63, 3.8) is 0 Å². The number of nitrogens with zero attached hydrogens (tertiary/aromatic N) is 2. The molecule has 1 atom stereocenters. The van der Waals surface area contributed by atoms with E-state index in [0.717, 1.165) is 19.5 Å². The van der Waals surface area contributed by atoms with Crippen molar-refractivity contribution >= 4 is 6.21 Å². The van der Waals surface area contributed by atoms with E-state index in [1.54, 1.807) is 0 Å². The lowest BCUT2D eigenvalue weighted by molar-refractivity contribution is 0.176. The third-order valence-electron chi connectivity index (χ3n) is 5.38. The molecule has 0 aromatic carbocycles. The number of hydrogen-bond donors (Lipinski definition) is 1. The van der Waals surface area contributed by atoms with Crippen molar-refractivity contribution in [2.45, 2.75) is 109 Å². The maximum atomic E-state index is 9.06. The summed E-state index contributed by atoms with van der Waals surface area (Å²) in [5.74, 6) is 0. The highest BCUT2D eigenvalue weighted by atomic mass is 16.3. The molecule has 0 spiro atoms. The van der Waals surface area contributed by atoms with Gasteiger partial charge in [-0.3, -0.25) is 9.89 Å². The molecule has 0 saturated carbocycles. The van der Waals surface area contributed by atoms with Crippen LogP contribution in [0.1, 0.15) is 103 Å². The predicted molar refractivity (Wildman–Crippen MR) is 115 cm³/mol. The SMILES string of the molecule is CCCCCCC/C=C/CCCCCCCCCC1N=CCN1CCO. The second-order valence-corrected chi connectivity index (χ2v) is 7.76. The Bertz CT molecular complexity index is 354. The van der Waals surface area contributed by atoms with Gasteiger partial charge in [-0.2, -0.15) is 0 Å². The number of allylic oxidation sites excluding steroid dienone is 2. The molecule has 0 aromatic rings. The highest BCUT2D eigenvalue weighted by molar-refractivity contribution is 5.62. The molecule has 0 amide bonds. The van der Waals surface area contributed by atoms with Crippen molar-refractivity contribution in [1.29, 1.82) is 0 Å². The monoisotopic (exact) mass is 364 g/mol. The van der Waals surface area contributed by atoms with Gasteiger partial charge in [0, 0.05) is 19.3 Å². The van der Waals surface area contributed by atoms with Gasteiger partial charge < -0.3 is 5.11 Å². The van der Waals surface area contributed by atoms with Crippen LogP contribution in [0.4, 0.5) is 0 Å². The van der Waals surface area contributed by atoms with Crippen LogP contribution in [0.2, 0.25) is 0 Å². The second-order valence-electron chi connectivity index (χ2n) is 7.76. The van der Waals surface area contributed by atoms with Crippen molar-refractivity contribution in [2.24, 2.45) is 4.99 Å². The minimum absolute atomic E-state index is 0.244. The topological polar surface area (TPSA) is 35.8 Å². The van der Waals surface area contributed by atoms with E-state index in [-0.39, 0.29) is 6.61 Å². The predicted octanol–water partition coefficient (Wildman–Crippen LogP) is 6.12. The van der Waals surface area contributed by atoms with Crippen LogP contribution in [0, 0.1) is 0 Å². The molecular formula is C23H44N2O. The zero-order chi connectivity index (χ0) is 18.7. The summed E-state index contributed by atoms with van der Waals surface area (Å²) in [5, 5.41) is 9.06. The molecule has 0 aliphatic carbocycles. The summed E-state index contributed by atoms with van der Waals surface area (Å²) in [6.45, 7) is 4.20. The van der Waals surface area contributed by atoms with Gasteiger partial charge in [0.25, 0.3) is 0 Å². The molecule has 1 N–H and O–H groups in total. The molecule has 0 saturated heterocycles. The van der Waals surface area contributed by atoms with Crippen LogP contribution in [-0.2, 0) is 0 Å². The Hall–Kier alpha value is -0.670. The number of rotatable bonds is 18. The normalized spacial score (nSPS) is 17.7. The van der Waals surface area contributed by atoms with E-state index in [1.165, 1.54) is 89.9 Å². The van der Waals surface area contributed by atoms with Gasteiger partial charge in [-0.15, -0.1) is 0 Å². The Morgan fingerprint density at radius 2 is 1.46 bits per heavy atom. The number of unbranched alkanes of at least 4 members (excludes halogenated alkanes) is 12. The Morgan fingerprint density at radius 3 is 2.08 bits per heavy atom. The van der Waals surface area contributed by atoms with Gasteiger partial charge in [-0.25, -0.2) is 0 Å². The summed E-state index contributed by atoms with van der Waals surface area (Å²) >= 11 is 0. The first-order valence-corrected chi connectivity index (χ1v) is 11.4. The number of aliphatic hydroxyl groups is 1. The summed E-state index contributed by atoms with van der Waals surface area (Å²) in [7, 11) is 0. The van der Waals surface area contributed by atoms with E-state index in [2.05, 4.69) is 29.0 Å². The molecule has 1 rings (SSSR count). The first kappa shape index (κ1) is 23.4. The van der Waals surface area contributed by atoms with Crippen LogP contribution in [0.25, 0.3) is 0 Å². The first-order chi connectivity index (χ1) is 12.9. The molecule has 0 bridgehead atoms. The van der Waals surface area contributed by atoms with Gasteiger partial charge in [-0.1, -0.05) is 76.9 Å². The van der Waals surface area contributed by atoms with Crippen LogP contribution in [-0.4, -0.2) is 42.1 Å². The standard InChI is InChI=1S/C23H44N2O/c1-2-3-4-5-6-7-8-9-10-11-12-13-14-15-16-17-18-23-24-19-20-25(23)21-22-26/h8-9,19,23,26H,2-7,10-18,20-22H2,1H3/b9-8+. The molecule has 0 radical (unpaired) electrons. The summed E-state index contributed by atoms with van der Waals surface area (Å²) in [5.41, 5.74) is 0. The fourth-order valence-corrected chi connectivity index (χ4v) is 3.69. The molecule has 0 fully saturated rings. The van der Waals surface area contributed by atoms with Crippen LogP contribution in [0.5, 0.6) is 0 Å². The molecule has 1 heterocycles. The zero-order valence-corrected chi connectivity index (χ0v) is 17.4. The minimum Gasteiger partial charge on any atom is -0.395 e. The molecule has 26 heavy (non-hydrogen) atoms. The Balaban J connectivity index is 1.79. The lowest BCUT2D eigenvalue weighted by Crippen LogP contribution is -2.32. The third kappa shape index (κ3) is 12.6. The third-order valence-corrected chi connectivity index (χ3v) is 5.38. The van der Waals surface area contributed by atoms with Gasteiger partial charge in [0.1, 0.15) is 6.17 Å². The Labute approximate surface area is 163 Å². The summed E-state index contributed by atoms with van der Waals surface area (Å²) < 4.78 is 0. The molecule has 152 valence electrons. The number of β-amino-alcohol motifs (C(OH)–C–C–N with tert-alkyl or cyclic N) is 1. The average Bonchev–Trinajstić information content (AvgIpc) is 3.09. The highest BCUT2D eigenvalue weighted by Gasteiger charge is 2.19. The fraction of sp³-hybridized carbons (Fsp3) is 0.870. The molecule has 0 aromatic heterocycles. The zero-order valence-electron chi connectivity index (χ0n) is 17.4. The molecular weight excluding hydrogens is 320 g/mol. The van der Waals surface area contributed by atoms with Gasteiger partial charge in [-0.05, 0) is 38.5 Å². The minimum atomic E-state index is 0.244. The highest BCUT2D eigenvalue weighted by Crippen LogP contribution is 2.16. The van der Waals surface area contributed by atoms with E-state index in [1.807, 2.05) is 6.21 Å². The summed E-state index contributed by atoms with van der Waals surface area (Å²) in [6.07, 6.45) is 27.3. The number of hydrogen-bond acceptors (Lipinski definition) is 3. The van der Waals surface area contributed by atoms with E-state index in [0.29, 0.717) is 6.17 Å². The van der Waals surface area contributed by atoms with Gasteiger partial charge in [0.15, 0.2) is 0 Å². The first-order valence-electron chi connectivity index (χ1n) is 11.4. The fourth-order valence-electron chi connectivity index (χ4n) is 3.69. The lowest BCUT2D eigenvalue weighted by atomic mass is 10.1. The van der Waals surface area contributed by atoms with Crippen molar-refractivity contribution < 1.29 is 5.11 Å². The van der Waals surface area contributed by atoms with Crippen LogP contribution in [0.15, 0.2) is 17.1 Å². The maximum Gasteiger partial charge on any atom is 0.102 e. The van der Waals surface area contributed by atoms with Gasteiger partial charge in [0.05, 0.1) is 6.61 Å². The number of aliphatic hydroxyl groups excluding tert-OH is 1. The van der Waals surface area contributed by atoms with E-state index >= 15 is 0 Å². The molecule has 1 aliphatic rings. The summed E-state index contributed by atoms with van der Waals surface area (Å²) in [4.78, 5) is 6.80. The van der Waals surface area contributed by atoms with Crippen LogP contribution < -0.4 is 0 Å². The molecule has 3 nitrogen and oxygen atoms in total. The van der Waals surface area contributed by atoms with Crippen molar-refractivity contribution in [2.75, 3.05) is 19.7 Å². The quantitative estimate of drug-likeness (QED) is 0.235. The maximum absolute atomic E-state index is 9.06. The molecule has 1 unspecified atom stereocenters. The van der Waals surface area contributed by atoms with E-state index in [9.17, 15) is 0 Å². The van der Waals surface area contributed by atoms with Crippen molar-refractivity contribution in [3.05, 3.63) is 12.2 Å². The number of aliphatic imine (C=N–C) groups is 1. The molecule has 3 heteroatoms. The van der Waals surface area contributed by atoms with Gasteiger partial charge in [0.2, 0.25) is 0 Å². The average molecular weight is 365 g/mol. The van der Waals surface area contributed by atoms with Crippen molar-refractivity contribution in [3.8, 4) is 0 Å².